The van der Waals surface area contributed by atoms with Crippen LogP contribution in [-0.4, -0.2) is 23.2 Å². The van der Waals surface area contributed by atoms with Gasteiger partial charge in [-0.3, -0.25) is 4.55 Å². The van der Waals surface area contributed by atoms with Gasteiger partial charge in [-0.2, -0.15) is 8.42 Å². The van der Waals surface area contributed by atoms with E-state index in [9.17, 15) is 23.2 Å². The van der Waals surface area contributed by atoms with E-state index in [0.717, 1.165) is 0 Å². The van der Waals surface area contributed by atoms with E-state index in [2.05, 4.69) is 0 Å². The van der Waals surface area contributed by atoms with Crippen LogP contribution in [0.3, 0.4) is 0 Å². The van der Waals surface area contributed by atoms with Gasteiger partial charge in [-0.25, -0.2) is 0 Å². The molecule has 3 rings (SSSR count). The van der Waals surface area contributed by atoms with Crippen LogP contribution in [0.1, 0.15) is 16.7 Å². The summed E-state index contributed by atoms with van der Waals surface area (Å²) in [7, 11) is -5.04. The van der Waals surface area contributed by atoms with E-state index < -0.39 is 20.6 Å². The Labute approximate surface area is 186 Å². The first-order valence-corrected chi connectivity index (χ1v) is 10.8. The van der Waals surface area contributed by atoms with E-state index in [0.29, 0.717) is 0 Å². The normalized spacial score (nSPS) is 13.8. The van der Waals surface area contributed by atoms with Crippen molar-refractivity contribution in [1.29, 1.82) is 0 Å². The van der Waals surface area contributed by atoms with Gasteiger partial charge >= 0.3 is 0 Å². The van der Waals surface area contributed by atoms with Gasteiger partial charge in [0.1, 0.15) is 16.5 Å². The highest BCUT2D eigenvalue weighted by Crippen LogP contribution is 2.50. The Bertz CT molecular complexity index is 1180. The SMILES string of the molecule is O=S(=O)(O)C(c1ccc(O)cc1)(c1cc(Cl)cc(Cl)c1)c1ccc(Cl)c(Cl)c1O. The van der Waals surface area contributed by atoms with Crippen molar-refractivity contribution in [2.24, 2.45) is 0 Å². The fourth-order valence-electron chi connectivity index (χ4n) is 3.19. The van der Waals surface area contributed by atoms with Crippen molar-refractivity contribution < 1.29 is 23.2 Å². The largest absolute Gasteiger partial charge is 0.508 e. The first kappa shape index (κ1) is 22.0. The van der Waals surface area contributed by atoms with Crippen molar-refractivity contribution >= 4 is 56.5 Å². The third-order valence-electron chi connectivity index (χ3n) is 4.38. The quantitative estimate of drug-likeness (QED) is 0.311. The standard InChI is InChI=1S/C19H12Cl4O5S/c20-12-7-11(8-13(21)9-12)19(29(26,27)28,10-1-3-14(24)4-2-10)15-5-6-16(22)17(23)18(15)25/h1-9,24-25H,(H,26,27,28). The summed E-state index contributed by atoms with van der Waals surface area (Å²) in [5.41, 5.74) is -0.347. The van der Waals surface area contributed by atoms with Crippen molar-refractivity contribution in [3.8, 4) is 11.5 Å². The molecular formula is C19H12Cl4O5S. The Hall–Kier alpha value is -1.67. The molecule has 0 amide bonds. The monoisotopic (exact) mass is 492 g/mol. The molecule has 1 atom stereocenters. The highest BCUT2D eigenvalue weighted by atomic mass is 35.5. The molecule has 0 bridgehead atoms. The van der Waals surface area contributed by atoms with Crippen molar-refractivity contribution in [3.63, 3.8) is 0 Å². The highest BCUT2D eigenvalue weighted by molar-refractivity contribution is 7.87. The predicted molar refractivity (Wildman–Crippen MR) is 114 cm³/mol. The number of hydrogen-bond donors (Lipinski definition) is 3. The van der Waals surface area contributed by atoms with Crippen molar-refractivity contribution in [1.82, 2.24) is 0 Å². The molecule has 152 valence electrons. The molecule has 0 aliphatic heterocycles. The van der Waals surface area contributed by atoms with Crippen LogP contribution >= 0.6 is 46.4 Å². The molecule has 10 heteroatoms. The van der Waals surface area contributed by atoms with Crippen LogP contribution in [0.4, 0.5) is 0 Å². The van der Waals surface area contributed by atoms with Gasteiger partial charge in [0.2, 0.25) is 0 Å². The molecule has 0 fully saturated rings. The molecule has 0 aliphatic carbocycles. The second-order valence-electron chi connectivity index (χ2n) is 6.12. The van der Waals surface area contributed by atoms with E-state index >= 15 is 0 Å². The molecule has 29 heavy (non-hydrogen) atoms. The molecule has 3 aromatic carbocycles. The highest BCUT2D eigenvalue weighted by Gasteiger charge is 2.50. The smallest absolute Gasteiger partial charge is 0.283 e. The molecule has 5 nitrogen and oxygen atoms in total. The summed E-state index contributed by atoms with van der Waals surface area (Å²) in [6, 6.07) is 11.5. The third kappa shape index (κ3) is 3.77. The summed E-state index contributed by atoms with van der Waals surface area (Å²) in [6.07, 6.45) is 0. The molecule has 0 aromatic heterocycles. The molecule has 0 radical (unpaired) electrons. The molecule has 0 spiro atoms. The fraction of sp³-hybridized carbons (Fsp3) is 0.0526. The molecule has 1 unspecified atom stereocenters. The maximum absolute atomic E-state index is 12.9. The second-order valence-corrected chi connectivity index (χ2v) is 9.34. The number of aromatic hydroxyl groups is 2. The first-order chi connectivity index (χ1) is 13.5. The summed E-state index contributed by atoms with van der Waals surface area (Å²) < 4.78 is 33.9. The Morgan fingerprint density at radius 3 is 1.83 bits per heavy atom. The van der Waals surface area contributed by atoms with Crippen LogP contribution in [0.5, 0.6) is 11.5 Å². The number of phenolic OH excluding ortho intramolecular Hbond substituents is 2. The van der Waals surface area contributed by atoms with E-state index in [1.54, 1.807) is 0 Å². The van der Waals surface area contributed by atoms with E-state index in [-0.39, 0.29) is 42.5 Å². The molecule has 0 heterocycles. The minimum absolute atomic E-state index is 0.00942. The fourth-order valence-corrected chi connectivity index (χ4v) is 5.33. The van der Waals surface area contributed by atoms with E-state index in [1.165, 1.54) is 54.6 Å². The topological polar surface area (TPSA) is 94.8 Å². The van der Waals surface area contributed by atoms with Crippen LogP contribution in [0.15, 0.2) is 54.6 Å². The van der Waals surface area contributed by atoms with E-state index in [1.807, 2.05) is 0 Å². The van der Waals surface area contributed by atoms with Crippen LogP contribution in [0.2, 0.25) is 20.1 Å². The van der Waals surface area contributed by atoms with Gasteiger partial charge in [-0.1, -0.05) is 64.6 Å². The second kappa shape index (κ2) is 7.87. The number of halogens is 4. The van der Waals surface area contributed by atoms with Gasteiger partial charge in [0.25, 0.3) is 10.1 Å². The lowest BCUT2D eigenvalue weighted by molar-refractivity contribution is 0.440. The maximum atomic E-state index is 12.9. The zero-order valence-electron chi connectivity index (χ0n) is 14.3. The van der Waals surface area contributed by atoms with Crippen LogP contribution in [0.25, 0.3) is 0 Å². The third-order valence-corrected chi connectivity index (χ3v) is 7.07. The summed E-state index contributed by atoms with van der Waals surface area (Å²) >= 11 is 24.2. The lowest BCUT2D eigenvalue weighted by Crippen LogP contribution is -2.38. The summed E-state index contributed by atoms with van der Waals surface area (Å²) in [6.45, 7) is 0. The molecule has 3 aromatic rings. The van der Waals surface area contributed by atoms with Gasteiger partial charge in [0.05, 0.1) is 5.02 Å². The molecule has 3 N–H and O–H groups in total. The number of phenols is 2. The molecule has 0 saturated heterocycles. The average Bonchev–Trinajstić information content (AvgIpc) is 2.61. The zero-order valence-corrected chi connectivity index (χ0v) is 18.1. The Balaban J connectivity index is 2.58. The van der Waals surface area contributed by atoms with E-state index in [4.69, 9.17) is 46.4 Å². The van der Waals surface area contributed by atoms with Crippen molar-refractivity contribution in [3.05, 3.63) is 91.4 Å². The lowest BCUT2D eigenvalue weighted by Gasteiger charge is -2.33. The lowest BCUT2D eigenvalue weighted by atomic mass is 9.83. The number of rotatable bonds is 4. The molecule has 0 aliphatic rings. The Morgan fingerprint density at radius 2 is 1.31 bits per heavy atom. The summed E-state index contributed by atoms with van der Waals surface area (Å²) in [5, 5.41) is 20.2. The predicted octanol–water partition coefficient (Wildman–Crippen LogP) is 5.89. The minimum Gasteiger partial charge on any atom is -0.508 e. The van der Waals surface area contributed by atoms with Crippen molar-refractivity contribution in [2.45, 2.75) is 4.75 Å². The average molecular weight is 494 g/mol. The summed E-state index contributed by atoms with van der Waals surface area (Å²) in [5.74, 6) is -0.790. The molecule has 0 saturated carbocycles. The van der Waals surface area contributed by atoms with Gasteiger partial charge in [0, 0.05) is 15.6 Å². The van der Waals surface area contributed by atoms with Crippen LogP contribution < -0.4 is 0 Å². The van der Waals surface area contributed by atoms with Crippen LogP contribution in [-0.2, 0) is 14.9 Å². The maximum Gasteiger partial charge on any atom is 0.283 e. The molecular weight excluding hydrogens is 482 g/mol. The van der Waals surface area contributed by atoms with Gasteiger partial charge in [-0.05, 0) is 47.5 Å². The Morgan fingerprint density at radius 1 is 0.759 bits per heavy atom. The minimum atomic E-state index is -5.04. The van der Waals surface area contributed by atoms with Crippen molar-refractivity contribution in [2.75, 3.05) is 0 Å². The zero-order chi connectivity index (χ0) is 21.6. The number of benzene rings is 3. The van der Waals surface area contributed by atoms with Gasteiger partial charge in [-0.15, -0.1) is 0 Å². The van der Waals surface area contributed by atoms with Gasteiger partial charge < -0.3 is 10.2 Å². The summed E-state index contributed by atoms with van der Waals surface area (Å²) in [4.78, 5) is 0. The number of hydrogen-bond acceptors (Lipinski definition) is 4. The van der Waals surface area contributed by atoms with Crippen LogP contribution in [0, 0.1) is 0 Å². The van der Waals surface area contributed by atoms with Gasteiger partial charge in [0.15, 0.2) is 4.75 Å². The first-order valence-electron chi connectivity index (χ1n) is 7.89. The Kier molecular flexibility index (Phi) is 5.98.